The van der Waals surface area contributed by atoms with Gasteiger partial charge in [0.2, 0.25) is 5.91 Å². The monoisotopic (exact) mass is 512 g/mol. The van der Waals surface area contributed by atoms with E-state index in [2.05, 4.69) is 15.5 Å². The van der Waals surface area contributed by atoms with Crippen LogP contribution in [-0.4, -0.2) is 26.4 Å². The van der Waals surface area contributed by atoms with E-state index in [1.54, 1.807) is 18.2 Å². The number of halogens is 3. The molecule has 6 nitrogen and oxygen atoms in total. The number of ether oxygens (including phenoxy) is 1. The van der Waals surface area contributed by atoms with Crippen molar-refractivity contribution in [2.45, 2.75) is 45.5 Å². The van der Waals surface area contributed by atoms with E-state index >= 15 is 0 Å². The van der Waals surface area contributed by atoms with Crippen LogP contribution in [0.5, 0.6) is 5.75 Å². The zero-order chi connectivity index (χ0) is 23.4. The minimum atomic E-state index is -0.335. The summed E-state index contributed by atoms with van der Waals surface area (Å²) in [5.74, 6) is 1.35. The lowest BCUT2D eigenvalue weighted by atomic mass is 10.1. The summed E-state index contributed by atoms with van der Waals surface area (Å²) in [6, 6.07) is 8.72. The molecule has 0 saturated carbocycles. The van der Waals surface area contributed by atoms with E-state index in [9.17, 15) is 4.79 Å². The molecule has 2 aromatic carbocycles. The summed E-state index contributed by atoms with van der Waals surface area (Å²) in [6.45, 7) is 8.44. The Morgan fingerprint density at radius 3 is 2.47 bits per heavy atom. The van der Waals surface area contributed by atoms with E-state index in [0.717, 1.165) is 21.9 Å². The summed E-state index contributed by atoms with van der Waals surface area (Å²) < 4.78 is 8.04. The molecule has 0 fully saturated rings. The molecule has 0 aliphatic heterocycles. The number of hydrogen-bond donors (Lipinski definition) is 1. The number of rotatable bonds is 8. The van der Waals surface area contributed by atoms with Crippen molar-refractivity contribution in [3.05, 3.63) is 62.4 Å². The molecule has 32 heavy (non-hydrogen) atoms. The zero-order valence-electron chi connectivity index (χ0n) is 18.1. The Morgan fingerprint density at radius 2 is 1.84 bits per heavy atom. The molecule has 3 rings (SSSR count). The van der Waals surface area contributed by atoms with Gasteiger partial charge in [-0.15, -0.1) is 10.2 Å². The molecule has 170 valence electrons. The van der Waals surface area contributed by atoms with E-state index in [1.165, 1.54) is 11.8 Å². The second-order valence-electron chi connectivity index (χ2n) is 7.18. The predicted molar refractivity (Wildman–Crippen MR) is 131 cm³/mol. The molecule has 0 aliphatic rings. The van der Waals surface area contributed by atoms with Gasteiger partial charge in [-0.3, -0.25) is 4.79 Å². The molecular weight excluding hydrogens is 491 g/mol. The van der Waals surface area contributed by atoms with Gasteiger partial charge >= 0.3 is 0 Å². The number of carbonyl (C=O) groups excluding carboxylic acids is 1. The quantitative estimate of drug-likeness (QED) is 0.338. The van der Waals surface area contributed by atoms with Crippen molar-refractivity contribution < 1.29 is 9.53 Å². The van der Waals surface area contributed by atoms with Gasteiger partial charge in [0.15, 0.2) is 17.1 Å². The summed E-state index contributed by atoms with van der Waals surface area (Å²) in [6.07, 6.45) is -0.335. The number of nitrogens with zero attached hydrogens (tertiary/aromatic N) is 3. The highest BCUT2D eigenvalue weighted by molar-refractivity contribution is 7.99. The maximum Gasteiger partial charge on any atom is 0.234 e. The molecule has 1 N–H and O–H groups in total. The highest BCUT2D eigenvalue weighted by atomic mass is 35.5. The first-order chi connectivity index (χ1) is 15.2. The summed E-state index contributed by atoms with van der Waals surface area (Å²) in [7, 11) is 0. The Balaban J connectivity index is 1.67. The van der Waals surface area contributed by atoms with Gasteiger partial charge in [0.25, 0.3) is 0 Å². The molecule has 1 amide bonds. The summed E-state index contributed by atoms with van der Waals surface area (Å²) in [5, 5.41) is 13.6. The van der Waals surface area contributed by atoms with Gasteiger partial charge in [0.05, 0.1) is 16.5 Å². The Hall–Kier alpha value is -1.93. The van der Waals surface area contributed by atoms with Gasteiger partial charge in [-0.1, -0.05) is 46.6 Å². The van der Waals surface area contributed by atoms with Crippen molar-refractivity contribution in [2.75, 3.05) is 11.1 Å². The lowest BCUT2D eigenvalue weighted by Crippen LogP contribution is -2.15. The Labute approximate surface area is 206 Å². The first-order valence-electron chi connectivity index (χ1n) is 9.93. The normalized spacial score (nSPS) is 12.0. The average Bonchev–Trinajstić information content (AvgIpc) is 3.15. The van der Waals surface area contributed by atoms with Crippen molar-refractivity contribution in [3.63, 3.8) is 0 Å². The molecule has 0 bridgehead atoms. The lowest BCUT2D eigenvalue weighted by Gasteiger charge is -2.17. The first kappa shape index (κ1) is 24.7. The number of aryl methyl sites for hydroxylation is 2. The van der Waals surface area contributed by atoms with Crippen LogP contribution >= 0.6 is 46.6 Å². The number of benzene rings is 2. The smallest absolute Gasteiger partial charge is 0.234 e. The molecule has 0 spiro atoms. The van der Waals surface area contributed by atoms with Gasteiger partial charge in [0.1, 0.15) is 5.75 Å². The molecule has 10 heteroatoms. The summed E-state index contributed by atoms with van der Waals surface area (Å²) >= 11 is 19.6. The number of nitrogens with one attached hydrogen (secondary N) is 1. The van der Waals surface area contributed by atoms with Crippen LogP contribution in [0.4, 0.5) is 5.69 Å². The van der Waals surface area contributed by atoms with Gasteiger partial charge in [-0.05, 0) is 69.2 Å². The SMILES string of the molecule is CCn1c(SCC(=O)Nc2ccc(Cl)cc2Cl)nnc1C(C)Oc1cc(C)c(Cl)c(C)c1. The molecular formula is C22H23Cl3N4O2S. The topological polar surface area (TPSA) is 69.0 Å². The Morgan fingerprint density at radius 1 is 1.16 bits per heavy atom. The number of amides is 1. The predicted octanol–water partition coefficient (Wildman–Crippen LogP) is 6.75. The largest absolute Gasteiger partial charge is 0.483 e. The van der Waals surface area contributed by atoms with Crippen LogP contribution in [0.1, 0.15) is 36.9 Å². The maximum absolute atomic E-state index is 12.4. The highest BCUT2D eigenvalue weighted by Crippen LogP contribution is 2.30. The molecule has 1 atom stereocenters. The first-order valence-corrected chi connectivity index (χ1v) is 12.1. The minimum Gasteiger partial charge on any atom is -0.483 e. The number of thioether (sulfide) groups is 1. The van der Waals surface area contributed by atoms with Crippen LogP contribution in [0.15, 0.2) is 35.5 Å². The lowest BCUT2D eigenvalue weighted by molar-refractivity contribution is -0.113. The summed E-state index contributed by atoms with van der Waals surface area (Å²) in [5.41, 5.74) is 2.41. The van der Waals surface area contributed by atoms with Gasteiger partial charge in [-0.2, -0.15) is 0 Å². The van der Waals surface area contributed by atoms with Gasteiger partial charge in [0, 0.05) is 16.6 Å². The van der Waals surface area contributed by atoms with Crippen molar-refractivity contribution in [2.24, 2.45) is 0 Å². The maximum atomic E-state index is 12.4. The van der Waals surface area contributed by atoms with Crippen LogP contribution in [0, 0.1) is 13.8 Å². The molecule has 1 unspecified atom stereocenters. The molecule has 1 aromatic heterocycles. The van der Waals surface area contributed by atoms with Crippen LogP contribution < -0.4 is 10.1 Å². The molecule has 0 aliphatic carbocycles. The fourth-order valence-corrected chi connectivity index (χ4v) is 4.52. The van der Waals surface area contributed by atoms with Crippen molar-refractivity contribution in [3.8, 4) is 5.75 Å². The third-order valence-corrected chi connectivity index (χ3v) is 6.80. The van der Waals surface area contributed by atoms with Crippen LogP contribution in [-0.2, 0) is 11.3 Å². The number of carbonyl (C=O) groups is 1. The minimum absolute atomic E-state index is 0.155. The van der Waals surface area contributed by atoms with E-state index in [1.807, 2.05) is 44.4 Å². The third-order valence-electron chi connectivity index (χ3n) is 4.69. The van der Waals surface area contributed by atoms with E-state index < -0.39 is 0 Å². The van der Waals surface area contributed by atoms with Crippen LogP contribution in [0.25, 0.3) is 0 Å². The summed E-state index contributed by atoms with van der Waals surface area (Å²) in [4.78, 5) is 12.4. The Kier molecular flexibility index (Phi) is 8.33. The number of anilines is 1. The van der Waals surface area contributed by atoms with E-state index in [-0.39, 0.29) is 17.8 Å². The second kappa shape index (κ2) is 10.8. The third kappa shape index (κ3) is 5.90. The van der Waals surface area contributed by atoms with Crippen molar-refractivity contribution >= 4 is 58.2 Å². The Bertz CT molecular complexity index is 1110. The molecule has 1 heterocycles. The second-order valence-corrected chi connectivity index (χ2v) is 9.34. The molecule has 0 radical (unpaired) electrons. The fourth-order valence-electron chi connectivity index (χ4n) is 3.14. The highest BCUT2D eigenvalue weighted by Gasteiger charge is 2.20. The van der Waals surface area contributed by atoms with Crippen molar-refractivity contribution in [1.82, 2.24) is 14.8 Å². The fraction of sp³-hybridized carbons (Fsp3) is 0.318. The molecule has 0 saturated heterocycles. The van der Waals surface area contributed by atoms with E-state index in [4.69, 9.17) is 39.5 Å². The van der Waals surface area contributed by atoms with Crippen LogP contribution in [0.2, 0.25) is 15.1 Å². The standard InChI is InChI=1S/C22H23Cl3N4O2S/c1-5-29-21(14(4)31-16-8-12(2)20(25)13(3)9-16)27-28-22(29)32-11-19(30)26-18-7-6-15(23)10-17(18)24/h6-10,14H,5,11H2,1-4H3,(H,26,30). The van der Waals surface area contributed by atoms with Crippen LogP contribution in [0.3, 0.4) is 0 Å². The molecule has 3 aromatic rings. The number of aromatic nitrogens is 3. The zero-order valence-corrected chi connectivity index (χ0v) is 21.2. The van der Waals surface area contributed by atoms with E-state index in [0.29, 0.717) is 33.3 Å². The van der Waals surface area contributed by atoms with Gasteiger partial charge in [-0.25, -0.2) is 0 Å². The van der Waals surface area contributed by atoms with Crippen molar-refractivity contribution in [1.29, 1.82) is 0 Å². The number of hydrogen-bond acceptors (Lipinski definition) is 5. The average molecular weight is 514 g/mol. The van der Waals surface area contributed by atoms with Gasteiger partial charge < -0.3 is 14.6 Å².